The molecule has 0 bridgehead atoms. The summed E-state index contributed by atoms with van der Waals surface area (Å²) in [5, 5.41) is 13.6. The molecule has 11 heteroatoms. The van der Waals surface area contributed by atoms with Gasteiger partial charge in [0, 0.05) is 39.5 Å². The van der Waals surface area contributed by atoms with E-state index < -0.39 is 11.9 Å². The molecular weight excluding hydrogens is 498 g/mol. The van der Waals surface area contributed by atoms with Gasteiger partial charge in [-0.15, -0.1) is 0 Å². The summed E-state index contributed by atoms with van der Waals surface area (Å²) in [5.41, 5.74) is 7.64. The highest BCUT2D eigenvalue weighted by atomic mass is 35.5. The molecule has 0 radical (unpaired) electrons. The molecule has 3 heterocycles. The number of aromatic nitrogens is 3. The predicted octanol–water partition coefficient (Wildman–Crippen LogP) is 4.43. The van der Waals surface area contributed by atoms with Gasteiger partial charge in [-0.1, -0.05) is 11.6 Å². The fourth-order valence-corrected chi connectivity index (χ4v) is 4.24. The Kier molecular flexibility index (Phi) is 6.33. The van der Waals surface area contributed by atoms with E-state index in [0.717, 1.165) is 5.56 Å². The van der Waals surface area contributed by atoms with Gasteiger partial charge < -0.3 is 20.6 Å². The molecule has 5 rings (SSSR count). The summed E-state index contributed by atoms with van der Waals surface area (Å²) in [6.45, 7) is -0.155. The first kappa shape index (κ1) is 24.0. The predicted molar refractivity (Wildman–Crippen MR) is 138 cm³/mol. The second-order valence-electron chi connectivity index (χ2n) is 8.29. The molecule has 2 aromatic carbocycles. The van der Waals surface area contributed by atoms with Crippen LogP contribution >= 0.6 is 11.6 Å². The van der Waals surface area contributed by atoms with Crippen molar-refractivity contribution in [2.24, 2.45) is 5.73 Å². The van der Waals surface area contributed by atoms with Crippen LogP contribution in [0.3, 0.4) is 0 Å². The van der Waals surface area contributed by atoms with Crippen molar-refractivity contribution in [1.82, 2.24) is 14.5 Å². The van der Waals surface area contributed by atoms with Gasteiger partial charge in [0.05, 0.1) is 30.3 Å². The SMILES string of the molecule is NC(=O)CNc1nc(-n2cc(C(=O)CCC(=O)O)c3cc(Cl)ccc32)nc2ccc(-c3ccco3)cc12. The standard InChI is InChI=1S/C26H20ClN5O5/c27-15-4-6-20-16(11-15)18(21(33)7-8-24(35)36)13-32(20)26-30-19-5-3-14(22-2-1-9-37-22)10-17(19)25(31-26)29-12-23(28)34/h1-6,9-11,13H,7-8,12H2,(H2,28,34)(H,35,36)(H,29,30,31). The molecule has 0 saturated carbocycles. The summed E-state index contributed by atoms with van der Waals surface area (Å²) in [5.74, 6) is -0.722. The Hall–Kier alpha value is -4.70. The minimum atomic E-state index is -1.06. The first-order valence-corrected chi connectivity index (χ1v) is 11.6. The highest BCUT2D eigenvalue weighted by Gasteiger charge is 2.20. The largest absolute Gasteiger partial charge is 0.481 e. The van der Waals surface area contributed by atoms with E-state index in [0.29, 0.717) is 44.0 Å². The number of carbonyl (C=O) groups is 3. The van der Waals surface area contributed by atoms with E-state index in [9.17, 15) is 14.4 Å². The van der Waals surface area contributed by atoms with E-state index in [1.807, 2.05) is 18.2 Å². The number of carboxylic acids is 1. The molecule has 10 nitrogen and oxygen atoms in total. The van der Waals surface area contributed by atoms with Crippen LogP contribution in [0.5, 0.6) is 0 Å². The van der Waals surface area contributed by atoms with Crippen LogP contribution in [-0.4, -0.2) is 43.8 Å². The van der Waals surface area contributed by atoms with Crippen molar-refractivity contribution in [3.8, 4) is 17.3 Å². The van der Waals surface area contributed by atoms with Crippen molar-refractivity contribution < 1.29 is 23.9 Å². The maximum atomic E-state index is 12.9. The number of nitrogens with zero attached hydrogens (tertiary/aromatic N) is 3. The van der Waals surface area contributed by atoms with Crippen molar-refractivity contribution in [3.05, 3.63) is 71.6 Å². The van der Waals surface area contributed by atoms with Crippen LogP contribution in [0.25, 0.3) is 39.1 Å². The lowest BCUT2D eigenvalue weighted by atomic mass is 10.1. The van der Waals surface area contributed by atoms with Crippen LogP contribution in [0.15, 0.2) is 65.4 Å². The molecule has 0 aliphatic heterocycles. The Morgan fingerprint density at radius 1 is 1.05 bits per heavy atom. The van der Waals surface area contributed by atoms with Crippen LogP contribution in [0.4, 0.5) is 5.82 Å². The van der Waals surface area contributed by atoms with Crippen LogP contribution in [0, 0.1) is 0 Å². The summed E-state index contributed by atoms with van der Waals surface area (Å²) >= 11 is 6.20. The molecule has 186 valence electrons. The number of rotatable bonds is 9. The van der Waals surface area contributed by atoms with E-state index in [2.05, 4.69) is 10.3 Å². The molecule has 5 aromatic rings. The number of benzene rings is 2. The Labute approximate surface area is 214 Å². The molecule has 37 heavy (non-hydrogen) atoms. The maximum Gasteiger partial charge on any atom is 0.303 e. The topological polar surface area (TPSA) is 153 Å². The van der Waals surface area contributed by atoms with Crippen molar-refractivity contribution >= 4 is 56.9 Å². The number of primary amides is 1. The van der Waals surface area contributed by atoms with Gasteiger partial charge in [0.1, 0.15) is 11.6 Å². The highest BCUT2D eigenvalue weighted by Crippen LogP contribution is 2.31. The first-order chi connectivity index (χ1) is 17.8. The summed E-state index contributed by atoms with van der Waals surface area (Å²) in [4.78, 5) is 44.8. The molecule has 0 aliphatic carbocycles. The normalized spacial score (nSPS) is 11.2. The fraction of sp³-hybridized carbons (Fsp3) is 0.115. The van der Waals surface area contributed by atoms with Gasteiger partial charge in [-0.25, -0.2) is 4.98 Å². The van der Waals surface area contributed by atoms with Crippen molar-refractivity contribution in [3.63, 3.8) is 0 Å². The van der Waals surface area contributed by atoms with Gasteiger partial charge in [-0.05, 0) is 48.5 Å². The number of halogens is 1. The molecule has 0 fully saturated rings. The lowest BCUT2D eigenvalue weighted by molar-refractivity contribution is -0.137. The summed E-state index contributed by atoms with van der Waals surface area (Å²) < 4.78 is 7.13. The lowest BCUT2D eigenvalue weighted by Crippen LogP contribution is -2.22. The number of hydrogen-bond donors (Lipinski definition) is 3. The van der Waals surface area contributed by atoms with Gasteiger partial charge in [0.2, 0.25) is 11.9 Å². The highest BCUT2D eigenvalue weighted by molar-refractivity contribution is 6.31. The monoisotopic (exact) mass is 517 g/mol. The fourth-order valence-electron chi connectivity index (χ4n) is 4.07. The molecular formula is C26H20ClN5O5. The third-order valence-electron chi connectivity index (χ3n) is 5.77. The van der Waals surface area contributed by atoms with Gasteiger partial charge in [0.25, 0.3) is 0 Å². The Morgan fingerprint density at radius 2 is 1.89 bits per heavy atom. The number of nitrogens with one attached hydrogen (secondary N) is 1. The summed E-state index contributed by atoms with van der Waals surface area (Å²) in [7, 11) is 0. The van der Waals surface area contributed by atoms with Gasteiger partial charge in [0.15, 0.2) is 5.78 Å². The molecule has 1 amide bonds. The first-order valence-electron chi connectivity index (χ1n) is 11.2. The number of fused-ring (bicyclic) bond motifs is 2. The van der Waals surface area contributed by atoms with Gasteiger partial charge in [-0.2, -0.15) is 4.98 Å². The number of amides is 1. The molecule has 0 saturated heterocycles. The van der Waals surface area contributed by atoms with Gasteiger partial charge >= 0.3 is 5.97 Å². The van der Waals surface area contributed by atoms with E-state index in [1.54, 1.807) is 47.4 Å². The molecule has 4 N–H and O–H groups in total. The average Bonchev–Trinajstić information content (AvgIpc) is 3.54. The lowest BCUT2D eigenvalue weighted by Gasteiger charge is -2.12. The zero-order chi connectivity index (χ0) is 26.1. The zero-order valence-corrected chi connectivity index (χ0v) is 20.0. The second-order valence-corrected chi connectivity index (χ2v) is 8.73. The minimum absolute atomic E-state index is 0.155. The number of furan rings is 1. The molecule has 0 atom stereocenters. The van der Waals surface area contributed by atoms with Crippen LogP contribution < -0.4 is 11.1 Å². The quantitative estimate of drug-likeness (QED) is 0.243. The average molecular weight is 518 g/mol. The van der Waals surface area contributed by atoms with Crippen molar-refractivity contribution in [2.45, 2.75) is 12.8 Å². The van der Waals surface area contributed by atoms with Crippen LogP contribution in [0.2, 0.25) is 5.02 Å². The van der Waals surface area contributed by atoms with Crippen LogP contribution in [0.1, 0.15) is 23.2 Å². The molecule has 0 spiro atoms. The number of hydrogen-bond acceptors (Lipinski definition) is 7. The van der Waals surface area contributed by atoms with E-state index in [1.165, 1.54) is 0 Å². The maximum absolute atomic E-state index is 12.9. The Balaban J connectivity index is 1.67. The molecule has 3 aromatic heterocycles. The van der Waals surface area contributed by atoms with E-state index in [4.69, 9.17) is 31.8 Å². The van der Waals surface area contributed by atoms with Crippen LogP contribution in [-0.2, 0) is 9.59 Å². The third kappa shape index (κ3) is 4.87. The summed E-state index contributed by atoms with van der Waals surface area (Å²) in [6, 6.07) is 14.2. The summed E-state index contributed by atoms with van der Waals surface area (Å²) in [6.07, 6.45) is 2.68. The molecule has 0 aliphatic rings. The van der Waals surface area contributed by atoms with Gasteiger partial charge in [-0.3, -0.25) is 19.0 Å². The number of carbonyl (C=O) groups excluding carboxylic acids is 2. The smallest absolute Gasteiger partial charge is 0.303 e. The zero-order valence-electron chi connectivity index (χ0n) is 19.3. The minimum Gasteiger partial charge on any atom is -0.481 e. The number of ketones is 1. The molecule has 0 unspecified atom stereocenters. The third-order valence-corrected chi connectivity index (χ3v) is 6.00. The Bertz CT molecular complexity index is 1680. The van der Waals surface area contributed by atoms with E-state index in [-0.39, 0.29) is 31.1 Å². The number of nitrogens with two attached hydrogens (primary N) is 1. The van der Waals surface area contributed by atoms with Crippen molar-refractivity contribution in [2.75, 3.05) is 11.9 Å². The number of carboxylic acid groups (broad SMARTS) is 1. The number of Topliss-reactive ketones (excluding diaryl/α,β-unsaturated/α-hetero) is 1. The number of aliphatic carboxylic acids is 1. The van der Waals surface area contributed by atoms with Crippen molar-refractivity contribution in [1.29, 1.82) is 0 Å². The number of anilines is 1. The van der Waals surface area contributed by atoms with E-state index >= 15 is 0 Å². The second kappa shape index (κ2) is 9.75. The Morgan fingerprint density at radius 3 is 2.62 bits per heavy atom.